The van der Waals surface area contributed by atoms with E-state index in [1.165, 1.54) is 5.56 Å². The van der Waals surface area contributed by atoms with Gasteiger partial charge in [-0.25, -0.2) is 4.98 Å². The third-order valence-corrected chi connectivity index (χ3v) is 5.97. The average Bonchev–Trinajstić information content (AvgIpc) is 3.23. The maximum Gasteiger partial charge on any atom is 0.191 e. The summed E-state index contributed by atoms with van der Waals surface area (Å²) in [5.74, 6) is 0.673. The second kappa shape index (κ2) is 11.6. The molecule has 1 atom stereocenters. The summed E-state index contributed by atoms with van der Waals surface area (Å²) >= 11 is 1.69. The third kappa shape index (κ3) is 6.59. The first-order chi connectivity index (χ1) is 13.1. The zero-order valence-electron chi connectivity index (χ0n) is 16.7. The van der Waals surface area contributed by atoms with Crippen molar-refractivity contribution in [3.8, 4) is 0 Å². The van der Waals surface area contributed by atoms with Gasteiger partial charge in [0.25, 0.3) is 0 Å². The van der Waals surface area contributed by atoms with Crippen molar-refractivity contribution in [2.24, 2.45) is 10.7 Å². The van der Waals surface area contributed by atoms with E-state index in [0.717, 1.165) is 50.8 Å². The number of nitrogens with two attached hydrogens (primary N) is 1. The highest BCUT2D eigenvalue weighted by molar-refractivity contribution is 14.0. The highest BCUT2D eigenvalue weighted by Gasteiger charge is 2.19. The predicted molar refractivity (Wildman–Crippen MR) is 130 cm³/mol. The van der Waals surface area contributed by atoms with Crippen LogP contribution < -0.4 is 10.6 Å². The van der Waals surface area contributed by atoms with Crippen molar-refractivity contribution in [1.29, 1.82) is 0 Å². The smallest absolute Gasteiger partial charge is 0.191 e. The van der Waals surface area contributed by atoms with Crippen LogP contribution in [0.1, 0.15) is 18.9 Å². The molecule has 6 nitrogen and oxygen atoms in total. The molecule has 2 N–H and O–H groups in total. The number of rotatable bonds is 7. The Morgan fingerprint density at radius 2 is 1.96 bits per heavy atom. The van der Waals surface area contributed by atoms with E-state index in [-0.39, 0.29) is 24.0 Å². The molecule has 2 heterocycles. The van der Waals surface area contributed by atoms with Gasteiger partial charge in [-0.05, 0) is 26.0 Å². The molecular formula is C20H31IN6S. The molecule has 1 aliphatic rings. The van der Waals surface area contributed by atoms with Gasteiger partial charge in [-0.15, -0.1) is 35.3 Å². The molecule has 2 aromatic rings. The minimum absolute atomic E-state index is 0. The summed E-state index contributed by atoms with van der Waals surface area (Å²) in [6.45, 7) is 7.66. The second-order valence-corrected chi connectivity index (χ2v) is 7.94. The minimum Gasteiger partial charge on any atom is -0.370 e. The number of thiazole rings is 1. The van der Waals surface area contributed by atoms with Gasteiger partial charge in [0, 0.05) is 56.9 Å². The number of hydrogen-bond donors (Lipinski definition) is 1. The van der Waals surface area contributed by atoms with Crippen LogP contribution in [0.25, 0.3) is 0 Å². The molecule has 0 radical (unpaired) electrons. The normalized spacial score (nSPS) is 16.2. The summed E-state index contributed by atoms with van der Waals surface area (Å²) < 4.78 is 0. The lowest BCUT2D eigenvalue weighted by Crippen LogP contribution is -2.51. The third-order valence-electron chi connectivity index (χ3n) is 5.14. The molecule has 8 heteroatoms. The van der Waals surface area contributed by atoms with E-state index in [4.69, 9.17) is 5.73 Å². The van der Waals surface area contributed by atoms with Crippen molar-refractivity contribution in [3.63, 3.8) is 0 Å². The molecule has 1 fully saturated rings. The van der Waals surface area contributed by atoms with Gasteiger partial charge in [0.05, 0.1) is 0 Å². The van der Waals surface area contributed by atoms with Gasteiger partial charge < -0.3 is 15.5 Å². The summed E-state index contributed by atoms with van der Waals surface area (Å²) in [7, 11) is 2.17. The molecule has 28 heavy (non-hydrogen) atoms. The Labute approximate surface area is 189 Å². The monoisotopic (exact) mass is 514 g/mol. The van der Waals surface area contributed by atoms with Crippen molar-refractivity contribution in [3.05, 3.63) is 47.5 Å². The predicted octanol–water partition coefficient (Wildman–Crippen LogP) is 3.11. The zero-order chi connectivity index (χ0) is 19.1. The number of hydrogen-bond acceptors (Lipinski definition) is 5. The minimum atomic E-state index is 0. The van der Waals surface area contributed by atoms with Crippen LogP contribution in [-0.4, -0.2) is 66.6 Å². The lowest BCUT2D eigenvalue weighted by molar-refractivity contribution is 0.240. The van der Waals surface area contributed by atoms with Crippen molar-refractivity contribution < 1.29 is 0 Å². The number of benzene rings is 1. The summed E-state index contributed by atoms with van der Waals surface area (Å²) in [6.07, 6.45) is 2.86. The fourth-order valence-corrected chi connectivity index (χ4v) is 3.91. The van der Waals surface area contributed by atoms with E-state index in [9.17, 15) is 0 Å². The molecule has 1 unspecified atom stereocenters. The maximum atomic E-state index is 6.23. The first kappa shape index (κ1) is 22.9. The van der Waals surface area contributed by atoms with Gasteiger partial charge in [0.1, 0.15) is 0 Å². The number of aliphatic imine (C=N–C) groups is 1. The van der Waals surface area contributed by atoms with E-state index in [2.05, 4.69) is 69.0 Å². The number of anilines is 1. The number of guanidine groups is 1. The summed E-state index contributed by atoms with van der Waals surface area (Å²) in [4.78, 5) is 15.9. The number of halogens is 1. The lowest BCUT2D eigenvalue weighted by Gasteiger charge is -2.35. The summed E-state index contributed by atoms with van der Waals surface area (Å²) in [5, 5.41) is 3.12. The van der Waals surface area contributed by atoms with E-state index in [1.807, 2.05) is 11.6 Å². The van der Waals surface area contributed by atoms with Crippen LogP contribution in [0.15, 0.2) is 46.9 Å². The van der Waals surface area contributed by atoms with Crippen LogP contribution in [0.5, 0.6) is 0 Å². The van der Waals surface area contributed by atoms with Crippen molar-refractivity contribution >= 4 is 46.4 Å². The van der Waals surface area contributed by atoms with E-state index in [1.54, 1.807) is 11.3 Å². The number of aromatic nitrogens is 1. The van der Waals surface area contributed by atoms with Crippen molar-refractivity contribution in [2.45, 2.75) is 25.9 Å². The molecule has 0 aliphatic carbocycles. The topological polar surface area (TPSA) is 61.0 Å². The molecule has 1 aromatic heterocycles. The van der Waals surface area contributed by atoms with E-state index < -0.39 is 0 Å². The highest BCUT2D eigenvalue weighted by Crippen LogP contribution is 2.18. The van der Waals surface area contributed by atoms with Crippen LogP contribution in [0.4, 0.5) is 5.13 Å². The molecule has 0 saturated carbocycles. The van der Waals surface area contributed by atoms with E-state index in [0.29, 0.717) is 12.0 Å². The highest BCUT2D eigenvalue weighted by atomic mass is 127. The molecule has 1 aliphatic heterocycles. The van der Waals surface area contributed by atoms with Crippen LogP contribution >= 0.6 is 35.3 Å². The van der Waals surface area contributed by atoms with Crippen molar-refractivity contribution in [1.82, 2.24) is 14.8 Å². The Hall–Kier alpha value is -1.39. The Balaban J connectivity index is 0.00000280. The first-order valence-corrected chi connectivity index (χ1v) is 10.4. The SMILES string of the molecule is CC(CCN=C(N)N1CCN(c2nccs2)CC1)N(C)Cc1ccccc1.I. The molecule has 0 bridgehead atoms. The Kier molecular flexibility index (Phi) is 9.46. The molecule has 1 saturated heterocycles. The molecule has 0 spiro atoms. The molecule has 1 aromatic carbocycles. The van der Waals surface area contributed by atoms with Gasteiger partial charge in [-0.1, -0.05) is 30.3 Å². The Morgan fingerprint density at radius 1 is 1.25 bits per heavy atom. The Bertz CT molecular complexity index is 701. The molecule has 0 amide bonds. The lowest BCUT2D eigenvalue weighted by atomic mass is 10.1. The fraction of sp³-hybridized carbons (Fsp3) is 0.500. The molecular weight excluding hydrogens is 483 g/mol. The largest absolute Gasteiger partial charge is 0.370 e. The van der Waals surface area contributed by atoms with Gasteiger partial charge in [-0.3, -0.25) is 9.89 Å². The van der Waals surface area contributed by atoms with Crippen molar-refractivity contribution in [2.75, 3.05) is 44.7 Å². The van der Waals surface area contributed by atoms with Crippen LogP contribution in [0.3, 0.4) is 0 Å². The zero-order valence-corrected chi connectivity index (χ0v) is 19.8. The van der Waals surface area contributed by atoms with Crippen LogP contribution in [-0.2, 0) is 6.54 Å². The number of piperazine rings is 1. The number of nitrogens with zero attached hydrogens (tertiary/aromatic N) is 5. The molecule has 154 valence electrons. The van der Waals surface area contributed by atoms with E-state index >= 15 is 0 Å². The first-order valence-electron chi connectivity index (χ1n) is 9.57. The standard InChI is InChI=1S/C20H30N6S.HI/c1-17(24(2)16-18-6-4-3-5-7-18)8-9-22-19(21)25-11-13-26(14-12-25)20-23-10-15-27-20;/h3-7,10,15,17H,8-9,11-14,16H2,1-2H3,(H2,21,22);1H. The average molecular weight is 514 g/mol. The summed E-state index contributed by atoms with van der Waals surface area (Å²) in [5.41, 5.74) is 7.57. The van der Waals surface area contributed by atoms with Crippen LogP contribution in [0.2, 0.25) is 0 Å². The van der Waals surface area contributed by atoms with Crippen LogP contribution in [0, 0.1) is 0 Å². The van der Waals surface area contributed by atoms with Gasteiger partial charge in [-0.2, -0.15) is 0 Å². The van der Waals surface area contributed by atoms with Gasteiger partial charge in [0.2, 0.25) is 0 Å². The Morgan fingerprint density at radius 3 is 2.61 bits per heavy atom. The maximum absolute atomic E-state index is 6.23. The second-order valence-electron chi connectivity index (χ2n) is 7.07. The van der Waals surface area contributed by atoms with Gasteiger partial charge in [0.15, 0.2) is 11.1 Å². The fourth-order valence-electron chi connectivity index (χ4n) is 3.21. The summed E-state index contributed by atoms with van der Waals surface area (Å²) in [6, 6.07) is 11.0. The molecule has 3 rings (SSSR count). The quantitative estimate of drug-likeness (QED) is 0.350. The van der Waals surface area contributed by atoms with Gasteiger partial charge >= 0.3 is 0 Å².